The monoisotopic (exact) mass is 292 g/mol. The highest BCUT2D eigenvalue weighted by molar-refractivity contribution is 5.63. The van der Waals surface area contributed by atoms with Crippen LogP contribution in [-0.2, 0) is 20.8 Å². The molecule has 0 aromatic heterocycles. The standard InChI is InChI=1S/C16H20O5/c1-11(2)8-14-15(21-16(17)20-14)10-19-9-12-4-6-13(18-3)7-5-12/h4-8,14-15H,9-10H2,1-3H3/t14-,15-/m0/s1. The van der Waals surface area contributed by atoms with Crippen LogP contribution in [-0.4, -0.2) is 32.1 Å². The largest absolute Gasteiger partial charge is 0.509 e. The molecule has 0 N–H and O–H groups in total. The summed E-state index contributed by atoms with van der Waals surface area (Å²) in [5.74, 6) is 0.806. The van der Waals surface area contributed by atoms with Gasteiger partial charge in [-0.25, -0.2) is 4.79 Å². The van der Waals surface area contributed by atoms with Crippen molar-refractivity contribution in [1.29, 1.82) is 0 Å². The number of carbonyl (C=O) groups excluding carboxylic acids is 1. The van der Waals surface area contributed by atoms with Gasteiger partial charge in [-0.15, -0.1) is 0 Å². The van der Waals surface area contributed by atoms with E-state index in [1.54, 1.807) is 7.11 Å². The zero-order chi connectivity index (χ0) is 15.2. The van der Waals surface area contributed by atoms with Crippen LogP contribution < -0.4 is 4.74 Å². The van der Waals surface area contributed by atoms with Crippen LogP contribution in [0.3, 0.4) is 0 Å². The predicted molar refractivity (Wildman–Crippen MR) is 77.2 cm³/mol. The Labute approximate surface area is 124 Å². The van der Waals surface area contributed by atoms with Crippen molar-refractivity contribution in [3.05, 3.63) is 41.5 Å². The molecule has 1 heterocycles. The molecule has 21 heavy (non-hydrogen) atoms. The lowest BCUT2D eigenvalue weighted by Crippen LogP contribution is -2.26. The first-order valence-corrected chi connectivity index (χ1v) is 6.81. The van der Waals surface area contributed by atoms with Gasteiger partial charge in [-0.2, -0.15) is 0 Å². The molecule has 0 aliphatic carbocycles. The fourth-order valence-electron chi connectivity index (χ4n) is 2.02. The molecule has 5 nitrogen and oxygen atoms in total. The van der Waals surface area contributed by atoms with Crippen LogP contribution >= 0.6 is 0 Å². The highest BCUT2D eigenvalue weighted by Crippen LogP contribution is 2.19. The summed E-state index contributed by atoms with van der Waals surface area (Å²) in [5, 5.41) is 0. The maximum atomic E-state index is 11.2. The van der Waals surface area contributed by atoms with Crippen molar-refractivity contribution in [2.75, 3.05) is 13.7 Å². The number of hydrogen-bond donors (Lipinski definition) is 0. The van der Waals surface area contributed by atoms with Crippen molar-refractivity contribution in [3.63, 3.8) is 0 Å². The van der Waals surface area contributed by atoms with Crippen molar-refractivity contribution in [1.82, 2.24) is 0 Å². The molecule has 0 spiro atoms. The van der Waals surface area contributed by atoms with Gasteiger partial charge in [0, 0.05) is 0 Å². The van der Waals surface area contributed by atoms with Crippen LogP contribution in [0.2, 0.25) is 0 Å². The van der Waals surface area contributed by atoms with Gasteiger partial charge in [0.1, 0.15) is 5.75 Å². The molecule has 0 radical (unpaired) electrons. The molecule has 1 aromatic rings. The van der Waals surface area contributed by atoms with Crippen molar-refractivity contribution >= 4 is 6.16 Å². The summed E-state index contributed by atoms with van der Waals surface area (Å²) < 4.78 is 20.9. The van der Waals surface area contributed by atoms with Gasteiger partial charge in [-0.1, -0.05) is 17.7 Å². The minimum Gasteiger partial charge on any atom is -0.497 e. The average molecular weight is 292 g/mol. The molecular weight excluding hydrogens is 272 g/mol. The summed E-state index contributed by atoms with van der Waals surface area (Å²) in [4.78, 5) is 11.2. The van der Waals surface area contributed by atoms with Crippen molar-refractivity contribution in [2.24, 2.45) is 0 Å². The molecule has 2 atom stereocenters. The molecule has 5 heteroatoms. The molecule has 2 rings (SSSR count). The Morgan fingerprint density at radius 1 is 1.24 bits per heavy atom. The Morgan fingerprint density at radius 3 is 2.57 bits per heavy atom. The third-order valence-corrected chi connectivity index (χ3v) is 3.05. The highest BCUT2D eigenvalue weighted by Gasteiger charge is 2.35. The lowest BCUT2D eigenvalue weighted by molar-refractivity contribution is 0.0304. The van der Waals surface area contributed by atoms with Gasteiger partial charge in [-0.05, 0) is 37.6 Å². The first-order chi connectivity index (χ1) is 10.1. The lowest BCUT2D eigenvalue weighted by atomic mass is 10.1. The zero-order valence-electron chi connectivity index (χ0n) is 12.5. The summed E-state index contributed by atoms with van der Waals surface area (Å²) in [6, 6.07) is 7.62. The molecule has 114 valence electrons. The van der Waals surface area contributed by atoms with Crippen LogP contribution in [0, 0.1) is 0 Å². The molecule has 1 aliphatic heterocycles. The van der Waals surface area contributed by atoms with E-state index < -0.39 is 12.3 Å². The molecular formula is C16H20O5. The Kier molecular flexibility index (Phi) is 5.22. The van der Waals surface area contributed by atoms with Gasteiger partial charge < -0.3 is 18.9 Å². The highest BCUT2D eigenvalue weighted by atomic mass is 16.8. The SMILES string of the molecule is COc1ccc(COC[C@@H]2OC(=O)O[C@H]2C=C(C)C)cc1. The number of cyclic esters (lactones) is 2. The number of carbonyl (C=O) groups is 1. The van der Waals surface area contributed by atoms with Crippen LogP contribution in [0.15, 0.2) is 35.9 Å². The average Bonchev–Trinajstić information content (AvgIpc) is 2.79. The zero-order valence-corrected chi connectivity index (χ0v) is 12.5. The van der Waals surface area contributed by atoms with Crippen LogP contribution in [0.1, 0.15) is 19.4 Å². The van der Waals surface area contributed by atoms with E-state index in [0.29, 0.717) is 13.2 Å². The van der Waals surface area contributed by atoms with E-state index in [-0.39, 0.29) is 6.10 Å². The number of methoxy groups -OCH3 is 1. The number of benzene rings is 1. The molecule has 1 aromatic carbocycles. The molecule has 1 aliphatic rings. The fraction of sp³-hybridized carbons (Fsp3) is 0.438. The van der Waals surface area contributed by atoms with E-state index in [0.717, 1.165) is 16.9 Å². The quantitative estimate of drug-likeness (QED) is 0.595. The Bertz CT molecular complexity index is 502. The van der Waals surface area contributed by atoms with Gasteiger partial charge in [0.25, 0.3) is 0 Å². The number of allylic oxidation sites excluding steroid dienone is 1. The molecule has 0 unspecified atom stereocenters. The summed E-state index contributed by atoms with van der Waals surface area (Å²) >= 11 is 0. The van der Waals surface area contributed by atoms with Gasteiger partial charge >= 0.3 is 6.16 Å². The number of rotatable bonds is 6. The van der Waals surface area contributed by atoms with Crippen molar-refractivity contribution in [2.45, 2.75) is 32.7 Å². The first kappa shape index (κ1) is 15.4. The Hall–Kier alpha value is -2.01. The second kappa shape index (κ2) is 7.13. The second-order valence-electron chi connectivity index (χ2n) is 5.10. The summed E-state index contributed by atoms with van der Waals surface area (Å²) in [6.45, 7) is 4.63. The second-order valence-corrected chi connectivity index (χ2v) is 5.10. The maximum absolute atomic E-state index is 11.2. The fourth-order valence-corrected chi connectivity index (χ4v) is 2.02. The van der Waals surface area contributed by atoms with E-state index in [9.17, 15) is 4.79 Å². The number of hydrogen-bond acceptors (Lipinski definition) is 5. The van der Waals surface area contributed by atoms with E-state index in [2.05, 4.69) is 0 Å². The van der Waals surface area contributed by atoms with Crippen molar-refractivity contribution in [3.8, 4) is 5.75 Å². The predicted octanol–water partition coefficient (Wildman–Crippen LogP) is 3.08. The third-order valence-electron chi connectivity index (χ3n) is 3.05. The summed E-state index contributed by atoms with van der Waals surface area (Å²) in [6.07, 6.45) is 0.450. The molecule has 0 bridgehead atoms. The van der Waals surface area contributed by atoms with E-state index in [4.69, 9.17) is 18.9 Å². The number of ether oxygens (including phenoxy) is 4. The van der Waals surface area contributed by atoms with Gasteiger partial charge in [0.05, 0.1) is 20.3 Å². The van der Waals surface area contributed by atoms with Crippen LogP contribution in [0.25, 0.3) is 0 Å². The van der Waals surface area contributed by atoms with Crippen LogP contribution in [0.5, 0.6) is 5.75 Å². The maximum Gasteiger partial charge on any atom is 0.509 e. The van der Waals surface area contributed by atoms with Gasteiger partial charge in [0.15, 0.2) is 12.2 Å². The molecule has 1 saturated heterocycles. The summed E-state index contributed by atoms with van der Waals surface area (Å²) in [7, 11) is 1.63. The van der Waals surface area contributed by atoms with Crippen molar-refractivity contribution < 1.29 is 23.7 Å². The Balaban J connectivity index is 1.84. The van der Waals surface area contributed by atoms with Gasteiger partial charge in [-0.3, -0.25) is 0 Å². The van der Waals surface area contributed by atoms with E-state index >= 15 is 0 Å². The van der Waals surface area contributed by atoms with E-state index in [1.807, 2.05) is 44.2 Å². The normalized spacial score (nSPS) is 20.6. The van der Waals surface area contributed by atoms with E-state index in [1.165, 1.54) is 0 Å². The minimum absolute atomic E-state index is 0.298. The lowest BCUT2D eigenvalue weighted by Gasteiger charge is -2.13. The molecule has 0 amide bonds. The first-order valence-electron chi connectivity index (χ1n) is 6.81. The van der Waals surface area contributed by atoms with Gasteiger partial charge in [0.2, 0.25) is 0 Å². The topological polar surface area (TPSA) is 54.0 Å². The molecule has 1 fully saturated rings. The minimum atomic E-state index is -0.643. The third kappa shape index (κ3) is 4.49. The molecule has 0 saturated carbocycles. The smallest absolute Gasteiger partial charge is 0.497 e. The Morgan fingerprint density at radius 2 is 1.95 bits per heavy atom. The van der Waals surface area contributed by atoms with Crippen LogP contribution in [0.4, 0.5) is 4.79 Å². The summed E-state index contributed by atoms with van der Waals surface area (Å²) in [5.41, 5.74) is 2.10.